The lowest BCUT2D eigenvalue weighted by Crippen LogP contribution is -2.40. The number of hydrogen-bond donors (Lipinski definition) is 2. The average Bonchev–Trinajstić information content (AvgIpc) is 2.70. The van der Waals surface area contributed by atoms with Crippen molar-refractivity contribution in [3.63, 3.8) is 0 Å². The Hall–Kier alpha value is -1.88. The summed E-state index contributed by atoms with van der Waals surface area (Å²) in [6.07, 6.45) is 0.627. The van der Waals surface area contributed by atoms with Crippen molar-refractivity contribution in [2.45, 2.75) is 24.9 Å². The van der Waals surface area contributed by atoms with Gasteiger partial charge in [-0.15, -0.1) is 0 Å². The minimum absolute atomic E-state index is 0.0271. The van der Waals surface area contributed by atoms with Crippen molar-refractivity contribution in [2.24, 2.45) is 5.73 Å². The first-order valence-corrected chi connectivity index (χ1v) is 6.41. The zero-order valence-corrected chi connectivity index (χ0v) is 11.0. The molecule has 3 N–H and O–H groups in total. The van der Waals surface area contributed by atoms with Gasteiger partial charge in [0, 0.05) is 12.6 Å². The lowest BCUT2D eigenvalue weighted by atomic mass is 10.00. The Bertz CT molecular complexity index is 461. The maximum absolute atomic E-state index is 11.7. The summed E-state index contributed by atoms with van der Waals surface area (Å²) in [5.74, 6) is -0.895. The molecule has 1 saturated heterocycles. The second kappa shape index (κ2) is 5.84. The van der Waals surface area contributed by atoms with E-state index in [0.29, 0.717) is 0 Å². The van der Waals surface area contributed by atoms with Crippen LogP contribution in [-0.2, 0) is 9.59 Å². The van der Waals surface area contributed by atoms with Crippen molar-refractivity contribution >= 4 is 11.8 Å². The van der Waals surface area contributed by atoms with E-state index in [4.69, 9.17) is 5.73 Å². The van der Waals surface area contributed by atoms with Crippen LogP contribution in [0.15, 0.2) is 30.3 Å². The fourth-order valence-electron chi connectivity index (χ4n) is 2.65. The van der Waals surface area contributed by atoms with Gasteiger partial charge in [0.05, 0.1) is 6.04 Å². The Morgan fingerprint density at radius 3 is 2.68 bits per heavy atom. The van der Waals surface area contributed by atoms with Crippen molar-refractivity contribution in [1.29, 1.82) is 0 Å². The Morgan fingerprint density at radius 1 is 1.37 bits per heavy atom. The van der Waals surface area contributed by atoms with Gasteiger partial charge in [-0.05, 0) is 19.0 Å². The standard InChI is InChI=1S/C14H19N3O2/c1-17-8-7-11(16-13(19)9-12(15)18)14(17)10-5-3-2-4-6-10/h2-6,11,14H,7-9H2,1H3,(H2,15,18)(H,16,19). The van der Waals surface area contributed by atoms with Crippen LogP contribution in [0.1, 0.15) is 24.4 Å². The van der Waals surface area contributed by atoms with E-state index in [-0.39, 0.29) is 24.4 Å². The van der Waals surface area contributed by atoms with Crippen LogP contribution in [-0.4, -0.2) is 36.3 Å². The van der Waals surface area contributed by atoms with Gasteiger partial charge in [-0.2, -0.15) is 0 Å². The molecule has 0 aromatic heterocycles. The summed E-state index contributed by atoms with van der Waals surface area (Å²) in [5.41, 5.74) is 6.20. The van der Waals surface area contributed by atoms with Gasteiger partial charge in [0.25, 0.3) is 0 Å². The smallest absolute Gasteiger partial charge is 0.229 e. The molecule has 1 aromatic carbocycles. The van der Waals surface area contributed by atoms with E-state index in [2.05, 4.69) is 22.3 Å². The molecule has 2 amide bonds. The van der Waals surface area contributed by atoms with Crippen LogP contribution in [0.25, 0.3) is 0 Å². The molecule has 2 rings (SSSR count). The van der Waals surface area contributed by atoms with Crippen molar-refractivity contribution in [3.05, 3.63) is 35.9 Å². The van der Waals surface area contributed by atoms with Gasteiger partial charge in [0.15, 0.2) is 0 Å². The van der Waals surface area contributed by atoms with Gasteiger partial charge < -0.3 is 11.1 Å². The van der Waals surface area contributed by atoms with Crippen LogP contribution in [0.5, 0.6) is 0 Å². The Labute approximate surface area is 112 Å². The number of nitrogens with one attached hydrogen (secondary N) is 1. The highest BCUT2D eigenvalue weighted by atomic mass is 16.2. The van der Waals surface area contributed by atoms with Crippen LogP contribution in [0.4, 0.5) is 0 Å². The molecular formula is C14H19N3O2. The Balaban J connectivity index is 2.08. The number of rotatable bonds is 4. The number of likely N-dealkylation sites (tertiary alicyclic amines) is 1. The first-order valence-electron chi connectivity index (χ1n) is 6.41. The van der Waals surface area contributed by atoms with Gasteiger partial charge >= 0.3 is 0 Å². The average molecular weight is 261 g/mol. The quantitative estimate of drug-likeness (QED) is 0.771. The highest BCUT2D eigenvalue weighted by Gasteiger charge is 2.33. The maximum atomic E-state index is 11.7. The van der Waals surface area contributed by atoms with E-state index in [0.717, 1.165) is 13.0 Å². The summed E-state index contributed by atoms with van der Waals surface area (Å²) >= 11 is 0. The van der Waals surface area contributed by atoms with E-state index in [1.807, 2.05) is 25.2 Å². The fraction of sp³-hybridized carbons (Fsp3) is 0.429. The van der Waals surface area contributed by atoms with E-state index in [1.165, 1.54) is 5.56 Å². The van der Waals surface area contributed by atoms with E-state index >= 15 is 0 Å². The molecule has 5 nitrogen and oxygen atoms in total. The first-order chi connectivity index (χ1) is 9.08. The van der Waals surface area contributed by atoms with Crippen molar-refractivity contribution in [3.8, 4) is 0 Å². The molecule has 1 aliphatic rings. The summed E-state index contributed by atoms with van der Waals surface area (Å²) in [7, 11) is 2.04. The van der Waals surface area contributed by atoms with Crippen LogP contribution in [0.2, 0.25) is 0 Å². The van der Waals surface area contributed by atoms with Gasteiger partial charge in [0.1, 0.15) is 6.42 Å². The molecule has 5 heteroatoms. The third-order valence-electron chi connectivity index (χ3n) is 3.47. The van der Waals surface area contributed by atoms with Gasteiger partial charge in [-0.25, -0.2) is 0 Å². The third-order valence-corrected chi connectivity index (χ3v) is 3.47. The van der Waals surface area contributed by atoms with Crippen LogP contribution < -0.4 is 11.1 Å². The molecular weight excluding hydrogens is 242 g/mol. The summed E-state index contributed by atoms with van der Waals surface area (Å²) in [6.45, 7) is 0.918. The Morgan fingerprint density at radius 2 is 2.05 bits per heavy atom. The zero-order valence-electron chi connectivity index (χ0n) is 11.0. The number of carbonyl (C=O) groups is 2. The van der Waals surface area contributed by atoms with Gasteiger partial charge in [-0.3, -0.25) is 14.5 Å². The SMILES string of the molecule is CN1CCC(NC(=O)CC(N)=O)C1c1ccccc1. The molecule has 102 valence electrons. The number of amides is 2. The molecule has 0 spiro atoms. The monoisotopic (exact) mass is 261 g/mol. The molecule has 1 fully saturated rings. The Kier molecular flexibility index (Phi) is 4.16. The maximum Gasteiger partial charge on any atom is 0.229 e. The second-order valence-corrected chi connectivity index (χ2v) is 4.94. The molecule has 2 unspecified atom stereocenters. The lowest BCUT2D eigenvalue weighted by Gasteiger charge is -2.26. The predicted octanol–water partition coefficient (Wildman–Crippen LogP) is 0.423. The highest BCUT2D eigenvalue weighted by molar-refractivity contribution is 5.96. The molecule has 2 atom stereocenters. The van der Waals surface area contributed by atoms with Crippen molar-refractivity contribution < 1.29 is 9.59 Å². The molecule has 1 aromatic rings. The van der Waals surface area contributed by atoms with Crippen molar-refractivity contribution in [1.82, 2.24) is 10.2 Å². The first kappa shape index (κ1) is 13.5. The molecule has 1 heterocycles. The third kappa shape index (κ3) is 3.32. The number of primary amides is 1. The van der Waals surface area contributed by atoms with E-state index in [1.54, 1.807) is 0 Å². The van der Waals surface area contributed by atoms with Gasteiger partial charge in [-0.1, -0.05) is 30.3 Å². The van der Waals surface area contributed by atoms with E-state index in [9.17, 15) is 9.59 Å². The second-order valence-electron chi connectivity index (χ2n) is 4.94. The van der Waals surface area contributed by atoms with Gasteiger partial charge in [0.2, 0.25) is 11.8 Å². The van der Waals surface area contributed by atoms with Crippen LogP contribution >= 0.6 is 0 Å². The van der Waals surface area contributed by atoms with Crippen LogP contribution in [0, 0.1) is 0 Å². The summed E-state index contributed by atoms with van der Waals surface area (Å²) < 4.78 is 0. The summed E-state index contributed by atoms with van der Waals surface area (Å²) in [6, 6.07) is 10.2. The summed E-state index contributed by atoms with van der Waals surface area (Å²) in [5, 5.41) is 2.91. The highest BCUT2D eigenvalue weighted by Crippen LogP contribution is 2.30. The van der Waals surface area contributed by atoms with Crippen molar-refractivity contribution in [2.75, 3.05) is 13.6 Å². The zero-order chi connectivity index (χ0) is 13.8. The normalized spacial score (nSPS) is 23.2. The number of nitrogens with zero attached hydrogens (tertiary/aromatic N) is 1. The number of hydrogen-bond acceptors (Lipinski definition) is 3. The van der Waals surface area contributed by atoms with Crippen LogP contribution in [0.3, 0.4) is 0 Å². The topological polar surface area (TPSA) is 75.4 Å². The number of nitrogens with two attached hydrogens (primary N) is 1. The summed E-state index contributed by atoms with van der Waals surface area (Å²) in [4.78, 5) is 24.6. The fourth-order valence-corrected chi connectivity index (χ4v) is 2.65. The molecule has 0 aliphatic carbocycles. The minimum atomic E-state index is -0.597. The molecule has 0 bridgehead atoms. The number of likely N-dealkylation sites (N-methyl/N-ethyl adjacent to an activating group) is 1. The molecule has 0 radical (unpaired) electrons. The molecule has 1 aliphatic heterocycles. The number of carbonyl (C=O) groups excluding carboxylic acids is 2. The van der Waals surface area contributed by atoms with E-state index < -0.39 is 5.91 Å². The number of benzene rings is 1. The largest absolute Gasteiger partial charge is 0.369 e. The minimum Gasteiger partial charge on any atom is -0.369 e. The lowest BCUT2D eigenvalue weighted by molar-refractivity contribution is -0.128. The predicted molar refractivity (Wildman–Crippen MR) is 72.2 cm³/mol. The molecule has 19 heavy (non-hydrogen) atoms. The molecule has 0 saturated carbocycles.